The van der Waals surface area contributed by atoms with E-state index < -0.39 is 9.05 Å². The van der Waals surface area contributed by atoms with Crippen LogP contribution >= 0.6 is 38.2 Å². The van der Waals surface area contributed by atoms with Crippen LogP contribution in [0.5, 0.6) is 11.6 Å². The van der Waals surface area contributed by atoms with Crippen molar-refractivity contribution < 1.29 is 13.2 Å². The number of hydrogen-bond acceptors (Lipinski definition) is 4. The zero-order valence-corrected chi connectivity index (χ0v) is 13.1. The van der Waals surface area contributed by atoms with Gasteiger partial charge in [-0.2, -0.15) is 0 Å². The number of ether oxygens (including phenoxy) is 1. The third kappa shape index (κ3) is 3.60. The lowest BCUT2D eigenvalue weighted by Crippen LogP contribution is -1.98. The number of rotatable bonds is 3. The average Bonchev–Trinajstić information content (AvgIpc) is 2.32. The highest BCUT2D eigenvalue weighted by Crippen LogP contribution is 2.34. The van der Waals surface area contributed by atoms with E-state index in [1.54, 1.807) is 18.2 Å². The van der Waals surface area contributed by atoms with Crippen molar-refractivity contribution >= 4 is 47.3 Å². The van der Waals surface area contributed by atoms with Crippen LogP contribution < -0.4 is 4.74 Å². The molecule has 1 aromatic carbocycles. The molecule has 0 spiro atoms. The Balaban J connectivity index is 2.44. The first-order chi connectivity index (χ1) is 8.88. The first-order valence-corrected chi connectivity index (χ1v) is 8.38. The van der Waals surface area contributed by atoms with E-state index in [2.05, 4.69) is 20.9 Å². The molecule has 4 nitrogen and oxygen atoms in total. The molecule has 100 valence electrons. The van der Waals surface area contributed by atoms with Crippen LogP contribution in [0.15, 0.2) is 45.9 Å². The second kappa shape index (κ2) is 5.66. The summed E-state index contributed by atoms with van der Waals surface area (Å²) in [7, 11) is 1.38. The predicted octanol–water partition coefficient (Wildman–Crippen LogP) is 4.22. The maximum atomic E-state index is 11.4. The summed E-state index contributed by atoms with van der Waals surface area (Å²) in [5.41, 5.74) is 0. The number of nitrogens with zero attached hydrogens (tertiary/aromatic N) is 1. The van der Waals surface area contributed by atoms with Gasteiger partial charge in [-0.05, 0) is 46.3 Å². The Bertz CT molecular complexity index is 722. The van der Waals surface area contributed by atoms with E-state index in [0.29, 0.717) is 15.2 Å². The zero-order valence-electron chi connectivity index (χ0n) is 9.18. The molecular formula is C11H6BrCl2NO3S. The number of aromatic nitrogens is 1. The first-order valence-electron chi connectivity index (χ1n) is 4.90. The van der Waals surface area contributed by atoms with Crippen LogP contribution in [0.4, 0.5) is 0 Å². The summed E-state index contributed by atoms with van der Waals surface area (Å²) < 4.78 is 28.8. The summed E-state index contributed by atoms with van der Waals surface area (Å²) in [5, 5.41) is 0.519. The van der Waals surface area contributed by atoms with Gasteiger partial charge in [-0.15, -0.1) is 0 Å². The predicted molar refractivity (Wildman–Crippen MR) is 76.5 cm³/mol. The van der Waals surface area contributed by atoms with Gasteiger partial charge >= 0.3 is 0 Å². The van der Waals surface area contributed by atoms with Crippen LogP contribution in [-0.2, 0) is 9.05 Å². The number of pyridine rings is 1. The Kier molecular flexibility index (Phi) is 4.35. The van der Waals surface area contributed by atoms with E-state index in [1.807, 2.05) is 0 Å². The molecule has 0 aliphatic heterocycles. The van der Waals surface area contributed by atoms with E-state index in [9.17, 15) is 8.42 Å². The highest BCUT2D eigenvalue weighted by molar-refractivity contribution is 9.10. The van der Waals surface area contributed by atoms with Gasteiger partial charge in [0.2, 0.25) is 5.88 Å². The molecule has 0 bridgehead atoms. The zero-order chi connectivity index (χ0) is 14.0. The lowest BCUT2D eigenvalue weighted by atomic mass is 10.3. The highest BCUT2D eigenvalue weighted by Gasteiger charge is 2.18. The summed E-state index contributed by atoms with van der Waals surface area (Å²) in [6.45, 7) is 0. The first kappa shape index (κ1) is 14.6. The van der Waals surface area contributed by atoms with Gasteiger partial charge in [0.1, 0.15) is 10.6 Å². The molecule has 0 atom stereocenters. The van der Waals surface area contributed by atoms with Crippen molar-refractivity contribution in [3.63, 3.8) is 0 Å². The molecule has 1 heterocycles. The largest absolute Gasteiger partial charge is 0.436 e. The van der Waals surface area contributed by atoms with Crippen LogP contribution in [0.3, 0.4) is 0 Å². The molecular weight excluding hydrogens is 377 g/mol. The molecule has 0 aliphatic rings. The van der Waals surface area contributed by atoms with Crippen molar-refractivity contribution in [2.24, 2.45) is 0 Å². The van der Waals surface area contributed by atoms with E-state index >= 15 is 0 Å². The molecule has 0 radical (unpaired) electrons. The van der Waals surface area contributed by atoms with Gasteiger partial charge in [0.05, 0.1) is 4.47 Å². The van der Waals surface area contributed by atoms with Crippen LogP contribution in [0.1, 0.15) is 0 Å². The van der Waals surface area contributed by atoms with Gasteiger partial charge in [-0.25, -0.2) is 13.4 Å². The van der Waals surface area contributed by atoms with Gasteiger partial charge in [0.15, 0.2) is 0 Å². The van der Waals surface area contributed by atoms with Crippen LogP contribution in [0, 0.1) is 0 Å². The van der Waals surface area contributed by atoms with Gasteiger partial charge in [-0.1, -0.05) is 11.6 Å². The molecule has 2 aromatic rings. The molecule has 0 fully saturated rings. The van der Waals surface area contributed by atoms with Crippen molar-refractivity contribution in [3.8, 4) is 11.6 Å². The molecule has 0 unspecified atom stereocenters. The number of hydrogen-bond donors (Lipinski definition) is 0. The van der Waals surface area contributed by atoms with Crippen molar-refractivity contribution in [3.05, 3.63) is 46.0 Å². The monoisotopic (exact) mass is 381 g/mol. The average molecular weight is 383 g/mol. The SMILES string of the molecule is O=S(=O)(Cl)c1cccnc1Oc1ccc(Cl)cc1Br. The van der Waals surface area contributed by atoms with Crippen LogP contribution in [0.25, 0.3) is 0 Å². The van der Waals surface area contributed by atoms with Crippen molar-refractivity contribution in [2.45, 2.75) is 4.90 Å². The Morgan fingerprint density at radius 1 is 1.26 bits per heavy atom. The normalized spacial score (nSPS) is 11.3. The smallest absolute Gasteiger partial charge is 0.266 e. The van der Waals surface area contributed by atoms with Crippen molar-refractivity contribution in [1.29, 1.82) is 0 Å². The lowest BCUT2D eigenvalue weighted by Gasteiger charge is -2.09. The Hall–Kier alpha value is -0.820. The second-order valence-corrected chi connectivity index (χ2v) is 7.25. The lowest BCUT2D eigenvalue weighted by molar-refractivity contribution is 0.445. The van der Waals surface area contributed by atoms with Gasteiger partial charge in [0.25, 0.3) is 9.05 Å². The van der Waals surface area contributed by atoms with Crippen LogP contribution in [-0.4, -0.2) is 13.4 Å². The fourth-order valence-corrected chi connectivity index (χ4v) is 2.96. The number of halogens is 3. The summed E-state index contributed by atoms with van der Waals surface area (Å²) in [6.07, 6.45) is 1.41. The maximum absolute atomic E-state index is 11.4. The van der Waals surface area contributed by atoms with E-state index in [4.69, 9.17) is 27.0 Å². The highest BCUT2D eigenvalue weighted by atomic mass is 79.9. The Morgan fingerprint density at radius 3 is 2.63 bits per heavy atom. The fraction of sp³-hybridized carbons (Fsp3) is 0. The molecule has 1 aromatic heterocycles. The molecule has 8 heteroatoms. The third-order valence-electron chi connectivity index (χ3n) is 2.10. The summed E-state index contributed by atoms with van der Waals surface area (Å²) in [4.78, 5) is 3.67. The summed E-state index contributed by atoms with van der Waals surface area (Å²) >= 11 is 9.07. The fourth-order valence-electron chi connectivity index (χ4n) is 1.30. The molecule has 0 amide bonds. The number of benzene rings is 1. The molecule has 0 N–H and O–H groups in total. The van der Waals surface area contributed by atoms with E-state index in [1.165, 1.54) is 18.3 Å². The molecule has 0 saturated heterocycles. The summed E-state index contributed by atoms with van der Waals surface area (Å²) in [5.74, 6) is 0.283. The third-order valence-corrected chi connectivity index (χ3v) is 4.29. The topological polar surface area (TPSA) is 56.3 Å². The van der Waals surface area contributed by atoms with Crippen molar-refractivity contribution in [2.75, 3.05) is 0 Å². The van der Waals surface area contributed by atoms with Gasteiger partial charge in [0, 0.05) is 21.9 Å². The molecule has 19 heavy (non-hydrogen) atoms. The quantitative estimate of drug-likeness (QED) is 0.745. The molecule has 0 saturated carbocycles. The summed E-state index contributed by atoms with van der Waals surface area (Å²) in [6, 6.07) is 7.59. The standard InChI is InChI=1S/C11H6BrCl2NO3S/c12-8-6-7(13)3-4-9(8)18-11-10(19(14,16)17)2-1-5-15-11/h1-6H. The Morgan fingerprint density at radius 2 is 2.00 bits per heavy atom. The maximum Gasteiger partial charge on any atom is 0.266 e. The van der Waals surface area contributed by atoms with Crippen molar-refractivity contribution in [1.82, 2.24) is 4.98 Å². The molecule has 2 rings (SSSR count). The van der Waals surface area contributed by atoms with E-state index in [-0.39, 0.29) is 10.8 Å². The molecule has 0 aliphatic carbocycles. The minimum atomic E-state index is -3.93. The van der Waals surface area contributed by atoms with Crippen LogP contribution in [0.2, 0.25) is 5.02 Å². The minimum absolute atomic E-state index is 0.0967. The van der Waals surface area contributed by atoms with Gasteiger partial charge in [-0.3, -0.25) is 0 Å². The van der Waals surface area contributed by atoms with E-state index in [0.717, 1.165) is 0 Å². The minimum Gasteiger partial charge on any atom is -0.436 e. The second-order valence-electron chi connectivity index (χ2n) is 3.42. The Labute approximate surface area is 127 Å². The van der Waals surface area contributed by atoms with Gasteiger partial charge < -0.3 is 4.74 Å².